The molecule has 0 aromatic carbocycles. The van der Waals surface area contributed by atoms with Crippen molar-refractivity contribution in [3.8, 4) is 0 Å². The lowest BCUT2D eigenvalue weighted by Crippen LogP contribution is -2.16. The molecule has 0 aliphatic heterocycles. The first-order chi connectivity index (χ1) is 6.99. The van der Waals surface area contributed by atoms with Crippen molar-refractivity contribution in [3.63, 3.8) is 0 Å². The molecule has 2 N–H and O–H groups in total. The zero-order valence-corrected chi connectivity index (χ0v) is 10.4. The van der Waals surface area contributed by atoms with Gasteiger partial charge in [-0.15, -0.1) is 0 Å². The zero-order valence-electron chi connectivity index (χ0n) is 10.4. The number of rotatable bonds is 4. The summed E-state index contributed by atoms with van der Waals surface area (Å²) in [6.07, 6.45) is 4.20. The second-order valence-electron chi connectivity index (χ2n) is 5.05. The molecule has 0 atom stereocenters. The highest BCUT2D eigenvalue weighted by atomic mass is 15.3. The molecule has 86 valence electrons. The molecule has 1 aromatic heterocycles. The molecule has 0 radical (unpaired) electrons. The van der Waals surface area contributed by atoms with Crippen LogP contribution in [-0.2, 0) is 18.4 Å². The Morgan fingerprint density at radius 1 is 1.40 bits per heavy atom. The number of hydrogen-bond acceptors (Lipinski definition) is 2. The van der Waals surface area contributed by atoms with Crippen LogP contribution in [-0.4, -0.2) is 16.3 Å². The topological polar surface area (TPSA) is 43.8 Å². The molecule has 1 rings (SSSR count). The van der Waals surface area contributed by atoms with Gasteiger partial charge >= 0.3 is 0 Å². The minimum absolute atomic E-state index is 0.115. The molecule has 0 saturated carbocycles. The molecule has 0 saturated heterocycles. The van der Waals surface area contributed by atoms with Gasteiger partial charge in [-0.25, -0.2) is 0 Å². The van der Waals surface area contributed by atoms with E-state index in [9.17, 15) is 0 Å². The zero-order chi connectivity index (χ0) is 11.5. The van der Waals surface area contributed by atoms with Crippen molar-refractivity contribution in [1.29, 1.82) is 0 Å². The van der Waals surface area contributed by atoms with Gasteiger partial charge in [-0.3, -0.25) is 4.68 Å². The van der Waals surface area contributed by atoms with Gasteiger partial charge in [-0.1, -0.05) is 27.7 Å². The Morgan fingerprint density at radius 3 is 2.53 bits per heavy atom. The van der Waals surface area contributed by atoms with Crippen LogP contribution in [0.4, 0.5) is 0 Å². The van der Waals surface area contributed by atoms with E-state index < -0.39 is 0 Å². The summed E-state index contributed by atoms with van der Waals surface area (Å²) < 4.78 is 2.05. The van der Waals surface area contributed by atoms with E-state index in [2.05, 4.69) is 39.0 Å². The van der Waals surface area contributed by atoms with Crippen molar-refractivity contribution < 1.29 is 0 Å². The Balaban J connectivity index is 3.00. The van der Waals surface area contributed by atoms with E-state index >= 15 is 0 Å². The minimum Gasteiger partial charge on any atom is -0.330 e. The van der Waals surface area contributed by atoms with Gasteiger partial charge in [0.15, 0.2) is 0 Å². The lowest BCUT2D eigenvalue weighted by molar-refractivity contribution is 0.526. The second kappa shape index (κ2) is 4.79. The van der Waals surface area contributed by atoms with Crippen molar-refractivity contribution in [2.24, 2.45) is 5.73 Å². The minimum atomic E-state index is 0.115. The Kier molecular flexibility index (Phi) is 3.91. The Bertz CT molecular complexity index is 307. The summed E-state index contributed by atoms with van der Waals surface area (Å²) in [5, 5.41) is 4.65. The molecule has 0 bridgehead atoms. The summed E-state index contributed by atoms with van der Waals surface area (Å²) in [7, 11) is 0. The second-order valence-corrected chi connectivity index (χ2v) is 5.05. The average molecular weight is 209 g/mol. The van der Waals surface area contributed by atoms with Crippen LogP contribution >= 0.6 is 0 Å². The van der Waals surface area contributed by atoms with Gasteiger partial charge in [-0.05, 0) is 24.9 Å². The Hall–Kier alpha value is -0.830. The first-order valence-electron chi connectivity index (χ1n) is 5.76. The van der Waals surface area contributed by atoms with Crippen LogP contribution in [0.1, 0.15) is 45.4 Å². The summed E-state index contributed by atoms with van der Waals surface area (Å²) in [5.41, 5.74) is 8.23. The third kappa shape index (κ3) is 3.06. The van der Waals surface area contributed by atoms with Gasteiger partial charge in [0.05, 0.1) is 5.69 Å². The normalized spacial score (nSPS) is 12.1. The van der Waals surface area contributed by atoms with Crippen LogP contribution in [0, 0.1) is 0 Å². The largest absolute Gasteiger partial charge is 0.330 e. The number of nitrogens with two attached hydrogens (primary N) is 1. The molecule has 3 nitrogen and oxygen atoms in total. The summed E-state index contributed by atoms with van der Waals surface area (Å²) in [6.45, 7) is 10.5. The maximum Gasteiger partial charge on any atom is 0.0710 e. The number of nitrogens with zero attached hydrogens (tertiary/aromatic N) is 2. The highest BCUT2D eigenvalue weighted by Gasteiger charge is 2.21. The molecule has 3 heteroatoms. The molecule has 0 aliphatic carbocycles. The molecule has 1 aromatic rings. The monoisotopic (exact) mass is 209 g/mol. The Labute approximate surface area is 92.7 Å². The van der Waals surface area contributed by atoms with Gasteiger partial charge in [0.25, 0.3) is 0 Å². The fourth-order valence-electron chi connectivity index (χ4n) is 1.78. The van der Waals surface area contributed by atoms with Crippen molar-refractivity contribution >= 4 is 0 Å². The molecule has 0 spiro atoms. The summed E-state index contributed by atoms with van der Waals surface area (Å²) in [4.78, 5) is 0. The third-order valence-corrected chi connectivity index (χ3v) is 2.41. The highest BCUT2D eigenvalue weighted by Crippen LogP contribution is 2.24. The van der Waals surface area contributed by atoms with E-state index in [0.717, 1.165) is 19.4 Å². The van der Waals surface area contributed by atoms with Crippen LogP contribution < -0.4 is 5.73 Å². The molecule has 0 fully saturated rings. The molecule has 0 aliphatic rings. The predicted octanol–water partition coefficient (Wildman–Crippen LogP) is 2.09. The first-order valence-corrected chi connectivity index (χ1v) is 5.76. The van der Waals surface area contributed by atoms with E-state index in [0.29, 0.717) is 6.54 Å². The number of aromatic nitrogens is 2. The van der Waals surface area contributed by atoms with E-state index in [1.165, 1.54) is 11.3 Å². The van der Waals surface area contributed by atoms with Gasteiger partial charge in [-0.2, -0.15) is 5.10 Å². The van der Waals surface area contributed by atoms with E-state index in [-0.39, 0.29) is 5.41 Å². The quantitative estimate of drug-likeness (QED) is 0.825. The molecular weight excluding hydrogens is 186 g/mol. The summed E-state index contributed by atoms with van der Waals surface area (Å²) in [6, 6.07) is 0. The van der Waals surface area contributed by atoms with Crippen molar-refractivity contribution in [1.82, 2.24) is 9.78 Å². The number of aryl methyl sites for hydroxylation is 1. The summed E-state index contributed by atoms with van der Waals surface area (Å²) in [5.74, 6) is 0. The van der Waals surface area contributed by atoms with Gasteiger partial charge < -0.3 is 5.73 Å². The first kappa shape index (κ1) is 12.2. The smallest absolute Gasteiger partial charge is 0.0710 e. The van der Waals surface area contributed by atoms with Crippen LogP contribution in [0.5, 0.6) is 0 Å². The maximum absolute atomic E-state index is 5.62. The molecule has 1 heterocycles. The van der Waals surface area contributed by atoms with Crippen molar-refractivity contribution in [3.05, 3.63) is 17.5 Å². The third-order valence-electron chi connectivity index (χ3n) is 2.41. The molecule has 0 unspecified atom stereocenters. The fourth-order valence-corrected chi connectivity index (χ4v) is 1.78. The highest BCUT2D eigenvalue weighted by molar-refractivity contribution is 5.24. The maximum atomic E-state index is 5.62. The van der Waals surface area contributed by atoms with Crippen LogP contribution in [0.25, 0.3) is 0 Å². The lowest BCUT2D eigenvalue weighted by atomic mass is 9.89. The van der Waals surface area contributed by atoms with Crippen LogP contribution in [0.2, 0.25) is 0 Å². The van der Waals surface area contributed by atoms with Gasteiger partial charge in [0.2, 0.25) is 0 Å². The molecule has 0 amide bonds. The Morgan fingerprint density at radius 2 is 2.07 bits per heavy atom. The lowest BCUT2D eigenvalue weighted by Gasteiger charge is -2.17. The summed E-state index contributed by atoms with van der Waals surface area (Å²) >= 11 is 0. The van der Waals surface area contributed by atoms with E-state index in [1.807, 2.05) is 4.68 Å². The van der Waals surface area contributed by atoms with E-state index in [1.54, 1.807) is 0 Å². The van der Waals surface area contributed by atoms with Crippen molar-refractivity contribution in [2.45, 2.75) is 52.5 Å². The van der Waals surface area contributed by atoms with Gasteiger partial charge in [0.1, 0.15) is 0 Å². The molecule has 15 heavy (non-hydrogen) atoms. The molecular formula is C12H23N3. The van der Waals surface area contributed by atoms with E-state index in [4.69, 9.17) is 5.73 Å². The fraction of sp³-hybridized carbons (Fsp3) is 0.750. The number of hydrogen-bond donors (Lipinski definition) is 1. The average Bonchev–Trinajstić information content (AvgIpc) is 2.49. The SMILES string of the molecule is CCCn1cc(CCN)c(C(C)(C)C)n1. The van der Waals surface area contributed by atoms with Crippen LogP contribution in [0.15, 0.2) is 6.20 Å². The predicted molar refractivity (Wildman–Crippen MR) is 64.0 cm³/mol. The van der Waals surface area contributed by atoms with Gasteiger partial charge in [0, 0.05) is 18.2 Å². The van der Waals surface area contributed by atoms with Crippen LogP contribution in [0.3, 0.4) is 0 Å². The van der Waals surface area contributed by atoms with Crippen molar-refractivity contribution in [2.75, 3.05) is 6.54 Å². The standard InChI is InChI=1S/C12H23N3/c1-5-8-15-9-10(6-7-13)11(14-15)12(2,3)4/h9H,5-8,13H2,1-4H3.